The molecule has 31 heavy (non-hydrogen) atoms. The van der Waals surface area contributed by atoms with Gasteiger partial charge in [-0.2, -0.15) is 4.98 Å². The van der Waals surface area contributed by atoms with Gasteiger partial charge in [-0.3, -0.25) is 22.9 Å². The number of hydrogen-bond acceptors (Lipinski definition) is 4. The van der Waals surface area contributed by atoms with Gasteiger partial charge in [-0.15, -0.1) is 0 Å². The van der Waals surface area contributed by atoms with Crippen LogP contribution in [0, 0.1) is 6.92 Å². The number of benzene rings is 2. The molecule has 0 bridgehead atoms. The Bertz CT molecular complexity index is 1550. The summed E-state index contributed by atoms with van der Waals surface area (Å²) in [4.78, 5) is 30.9. The van der Waals surface area contributed by atoms with Gasteiger partial charge in [0.25, 0.3) is 5.56 Å². The average molecular weight is 415 g/mol. The molecule has 0 saturated heterocycles. The van der Waals surface area contributed by atoms with Crippen molar-refractivity contribution in [3.8, 4) is 11.4 Å². The van der Waals surface area contributed by atoms with E-state index in [1.54, 1.807) is 40.4 Å². The van der Waals surface area contributed by atoms with Crippen LogP contribution >= 0.6 is 0 Å². The summed E-state index contributed by atoms with van der Waals surface area (Å²) >= 11 is 0. The maximum atomic E-state index is 13.4. The standard InChI is InChI=1S/C23H21N5O3/c1-15-14-27-19-20(24-22(27)28(15)17-10-6-7-11-18(17)29)25(2)23(31)26(21(19)30)13-12-16-8-4-3-5-9-16/h3-11,14,29H,12-13H2,1-2H3. The summed E-state index contributed by atoms with van der Waals surface area (Å²) in [6, 6.07) is 16.7. The number of phenolic OH excluding ortho intramolecular Hbond substituents is 1. The molecule has 0 radical (unpaired) electrons. The molecule has 0 fully saturated rings. The minimum absolute atomic E-state index is 0.102. The third-order valence-electron chi connectivity index (χ3n) is 5.62. The SMILES string of the molecule is Cc1cn2c3c(=O)n(CCc4ccccc4)c(=O)n(C)c3nc2n1-c1ccccc1O. The normalized spacial score (nSPS) is 11.5. The molecule has 0 amide bonds. The van der Waals surface area contributed by atoms with Crippen LogP contribution in [0.1, 0.15) is 11.3 Å². The Morgan fingerprint density at radius 3 is 2.45 bits per heavy atom. The molecule has 0 aliphatic heterocycles. The van der Waals surface area contributed by atoms with E-state index in [9.17, 15) is 14.7 Å². The lowest BCUT2D eigenvalue weighted by atomic mass is 10.1. The van der Waals surface area contributed by atoms with Crippen molar-refractivity contribution in [2.45, 2.75) is 19.9 Å². The first-order valence-corrected chi connectivity index (χ1v) is 9.99. The number of para-hydroxylation sites is 2. The zero-order valence-electron chi connectivity index (χ0n) is 17.2. The van der Waals surface area contributed by atoms with Gasteiger partial charge in [0.2, 0.25) is 5.78 Å². The molecule has 5 rings (SSSR count). The molecular weight excluding hydrogens is 394 g/mol. The Morgan fingerprint density at radius 2 is 1.71 bits per heavy atom. The molecule has 1 N–H and O–H groups in total. The Balaban J connectivity index is 1.74. The lowest BCUT2D eigenvalue weighted by Crippen LogP contribution is -2.39. The summed E-state index contributed by atoms with van der Waals surface area (Å²) in [5.74, 6) is 0.562. The van der Waals surface area contributed by atoms with Gasteiger partial charge in [-0.1, -0.05) is 42.5 Å². The van der Waals surface area contributed by atoms with Crippen LogP contribution in [0.5, 0.6) is 5.75 Å². The number of imidazole rings is 2. The zero-order valence-corrected chi connectivity index (χ0v) is 17.2. The quantitative estimate of drug-likeness (QED) is 0.488. The first-order chi connectivity index (χ1) is 15.0. The Labute approximate surface area is 176 Å². The molecule has 5 aromatic rings. The van der Waals surface area contributed by atoms with Crippen LogP contribution in [0.3, 0.4) is 0 Å². The zero-order chi connectivity index (χ0) is 21.7. The highest BCUT2D eigenvalue weighted by molar-refractivity contribution is 5.76. The maximum Gasteiger partial charge on any atom is 0.332 e. The van der Waals surface area contributed by atoms with Crippen molar-refractivity contribution < 1.29 is 5.11 Å². The molecule has 156 valence electrons. The topological polar surface area (TPSA) is 86.5 Å². The highest BCUT2D eigenvalue weighted by Gasteiger charge is 2.21. The Morgan fingerprint density at radius 1 is 1.00 bits per heavy atom. The highest BCUT2D eigenvalue weighted by atomic mass is 16.3. The number of hydrogen-bond donors (Lipinski definition) is 1. The fourth-order valence-electron chi connectivity index (χ4n) is 4.04. The summed E-state index contributed by atoms with van der Waals surface area (Å²) in [6.45, 7) is 2.15. The number of aryl methyl sites for hydroxylation is 3. The predicted octanol–water partition coefficient (Wildman–Crippen LogP) is 2.40. The summed E-state index contributed by atoms with van der Waals surface area (Å²) in [6.07, 6.45) is 2.37. The molecule has 3 heterocycles. The molecule has 2 aromatic carbocycles. The van der Waals surface area contributed by atoms with Crippen LogP contribution < -0.4 is 11.2 Å². The van der Waals surface area contributed by atoms with Gasteiger partial charge in [-0.05, 0) is 31.0 Å². The van der Waals surface area contributed by atoms with E-state index in [4.69, 9.17) is 0 Å². The van der Waals surface area contributed by atoms with Crippen LogP contribution in [-0.4, -0.2) is 28.2 Å². The highest BCUT2D eigenvalue weighted by Crippen LogP contribution is 2.26. The van der Waals surface area contributed by atoms with Gasteiger partial charge < -0.3 is 5.11 Å². The van der Waals surface area contributed by atoms with Crippen molar-refractivity contribution in [2.24, 2.45) is 7.05 Å². The largest absolute Gasteiger partial charge is 0.506 e. The average Bonchev–Trinajstić information content (AvgIpc) is 3.28. The fraction of sp³-hybridized carbons (Fsp3) is 0.174. The summed E-state index contributed by atoms with van der Waals surface area (Å²) < 4.78 is 6.13. The van der Waals surface area contributed by atoms with Gasteiger partial charge in [0.1, 0.15) is 5.75 Å². The second-order valence-electron chi connectivity index (χ2n) is 7.58. The van der Waals surface area contributed by atoms with Crippen molar-refractivity contribution in [3.63, 3.8) is 0 Å². The van der Waals surface area contributed by atoms with E-state index in [-0.39, 0.29) is 17.9 Å². The van der Waals surface area contributed by atoms with Crippen LogP contribution in [0.15, 0.2) is 70.4 Å². The number of aromatic nitrogens is 5. The first-order valence-electron chi connectivity index (χ1n) is 9.99. The number of nitrogens with zero attached hydrogens (tertiary/aromatic N) is 5. The van der Waals surface area contributed by atoms with E-state index in [0.29, 0.717) is 29.0 Å². The fourth-order valence-corrected chi connectivity index (χ4v) is 4.04. The Kier molecular flexibility index (Phi) is 4.28. The smallest absolute Gasteiger partial charge is 0.332 e. The molecule has 3 aromatic heterocycles. The van der Waals surface area contributed by atoms with Gasteiger partial charge in [0.15, 0.2) is 11.2 Å². The second kappa shape index (κ2) is 7.02. The van der Waals surface area contributed by atoms with Crippen molar-refractivity contribution in [1.82, 2.24) is 23.1 Å². The predicted molar refractivity (Wildman–Crippen MR) is 118 cm³/mol. The van der Waals surface area contributed by atoms with Crippen molar-refractivity contribution >= 4 is 16.9 Å². The summed E-state index contributed by atoms with van der Waals surface area (Å²) in [5.41, 5.74) is 2.27. The van der Waals surface area contributed by atoms with E-state index in [1.807, 2.05) is 43.3 Å². The van der Waals surface area contributed by atoms with E-state index >= 15 is 0 Å². The first kappa shape index (κ1) is 18.9. The number of aromatic hydroxyl groups is 1. The molecule has 0 spiro atoms. The van der Waals surface area contributed by atoms with Crippen molar-refractivity contribution in [1.29, 1.82) is 0 Å². The molecule has 0 aliphatic rings. The van der Waals surface area contributed by atoms with Gasteiger partial charge in [0, 0.05) is 25.5 Å². The summed E-state index contributed by atoms with van der Waals surface area (Å²) in [5, 5.41) is 10.3. The van der Waals surface area contributed by atoms with E-state index in [2.05, 4.69) is 4.98 Å². The minimum Gasteiger partial charge on any atom is -0.506 e. The van der Waals surface area contributed by atoms with Crippen molar-refractivity contribution in [3.05, 3.63) is 92.9 Å². The third-order valence-corrected chi connectivity index (χ3v) is 5.62. The van der Waals surface area contributed by atoms with Gasteiger partial charge in [0.05, 0.1) is 5.69 Å². The number of rotatable bonds is 4. The molecule has 0 saturated carbocycles. The lowest BCUT2D eigenvalue weighted by molar-refractivity contribution is 0.472. The molecule has 8 heteroatoms. The Hall–Kier alpha value is -4.07. The van der Waals surface area contributed by atoms with Crippen LogP contribution in [0.2, 0.25) is 0 Å². The lowest BCUT2D eigenvalue weighted by Gasteiger charge is -2.08. The van der Waals surface area contributed by atoms with Gasteiger partial charge >= 0.3 is 5.69 Å². The van der Waals surface area contributed by atoms with Gasteiger partial charge in [-0.25, -0.2) is 4.79 Å². The number of phenols is 1. The van der Waals surface area contributed by atoms with E-state index in [0.717, 1.165) is 11.3 Å². The number of fused-ring (bicyclic) bond motifs is 3. The van der Waals surface area contributed by atoms with Crippen molar-refractivity contribution in [2.75, 3.05) is 0 Å². The maximum absolute atomic E-state index is 13.4. The van der Waals surface area contributed by atoms with E-state index < -0.39 is 5.69 Å². The molecule has 0 unspecified atom stereocenters. The summed E-state index contributed by atoms with van der Waals surface area (Å²) in [7, 11) is 1.62. The molecule has 8 nitrogen and oxygen atoms in total. The monoisotopic (exact) mass is 415 g/mol. The van der Waals surface area contributed by atoms with Crippen LogP contribution in [-0.2, 0) is 20.0 Å². The molecule has 0 atom stereocenters. The second-order valence-corrected chi connectivity index (χ2v) is 7.58. The molecular formula is C23H21N5O3. The molecule has 0 aliphatic carbocycles. The third kappa shape index (κ3) is 2.87. The van der Waals surface area contributed by atoms with E-state index in [1.165, 1.54) is 9.13 Å². The van der Waals surface area contributed by atoms with Crippen LogP contribution in [0.4, 0.5) is 0 Å². The minimum atomic E-state index is -0.403. The van der Waals surface area contributed by atoms with Crippen LogP contribution in [0.25, 0.3) is 22.6 Å².